The number of aryl methyl sites for hydroxylation is 1. The van der Waals surface area contributed by atoms with Crippen molar-refractivity contribution in [3.05, 3.63) is 70.1 Å². The molecule has 2 amide bonds. The van der Waals surface area contributed by atoms with Crippen molar-refractivity contribution in [2.24, 2.45) is 0 Å². The molecule has 0 bridgehead atoms. The second-order valence-electron chi connectivity index (χ2n) is 6.55. The standard InChI is InChI=1S/C20H19N5O2S/c1-13-14(11-21-12-23-13)20(27)25-10-4-5-15(25)16-7-8-17(28-16)19(26)24-18-6-2-3-9-22-18/h2-3,6-9,11-12,15H,4-5,10H2,1H3,(H,22,24,26). The molecule has 1 saturated heterocycles. The van der Waals surface area contributed by atoms with Crippen molar-refractivity contribution in [1.82, 2.24) is 19.9 Å². The van der Waals surface area contributed by atoms with E-state index in [0.29, 0.717) is 28.5 Å². The van der Waals surface area contributed by atoms with Gasteiger partial charge >= 0.3 is 0 Å². The van der Waals surface area contributed by atoms with Gasteiger partial charge in [0.15, 0.2) is 0 Å². The Balaban J connectivity index is 1.52. The summed E-state index contributed by atoms with van der Waals surface area (Å²) >= 11 is 1.41. The molecule has 1 atom stereocenters. The maximum absolute atomic E-state index is 13.0. The summed E-state index contributed by atoms with van der Waals surface area (Å²) < 4.78 is 0. The van der Waals surface area contributed by atoms with Crippen LogP contribution in [0, 0.1) is 6.92 Å². The van der Waals surface area contributed by atoms with Crippen molar-refractivity contribution in [2.75, 3.05) is 11.9 Å². The van der Waals surface area contributed by atoms with E-state index in [1.165, 1.54) is 17.7 Å². The van der Waals surface area contributed by atoms with Crippen molar-refractivity contribution in [2.45, 2.75) is 25.8 Å². The summed E-state index contributed by atoms with van der Waals surface area (Å²) in [5.74, 6) is 0.256. The maximum Gasteiger partial charge on any atom is 0.266 e. The monoisotopic (exact) mass is 393 g/mol. The third-order valence-corrected chi connectivity index (χ3v) is 5.93. The van der Waals surface area contributed by atoms with Gasteiger partial charge < -0.3 is 10.2 Å². The molecule has 3 aromatic heterocycles. The van der Waals surface area contributed by atoms with Gasteiger partial charge in [-0.3, -0.25) is 9.59 Å². The molecule has 1 aliphatic rings. The lowest BCUT2D eigenvalue weighted by Crippen LogP contribution is -2.31. The second-order valence-corrected chi connectivity index (χ2v) is 7.66. The van der Waals surface area contributed by atoms with Gasteiger partial charge in [0.2, 0.25) is 0 Å². The van der Waals surface area contributed by atoms with Gasteiger partial charge in [0.05, 0.1) is 22.2 Å². The molecule has 1 N–H and O–H groups in total. The molecule has 7 nitrogen and oxygen atoms in total. The van der Waals surface area contributed by atoms with Crippen LogP contribution in [0.5, 0.6) is 0 Å². The molecular weight excluding hydrogens is 374 g/mol. The Kier molecular flexibility index (Phi) is 5.12. The highest BCUT2D eigenvalue weighted by atomic mass is 32.1. The van der Waals surface area contributed by atoms with Gasteiger partial charge in [-0.2, -0.15) is 0 Å². The Labute approximate surface area is 166 Å². The molecule has 4 rings (SSSR count). The van der Waals surface area contributed by atoms with Crippen LogP contribution in [0.1, 0.15) is 49.5 Å². The van der Waals surface area contributed by atoms with Crippen LogP contribution < -0.4 is 5.32 Å². The van der Waals surface area contributed by atoms with Crippen molar-refractivity contribution in [3.63, 3.8) is 0 Å². The first-order valence-electron chi connectivity index (χ1n) is 9.03. The van der Waals surface area contributed by atoms with E-state index in [-0.39, 0.29) is 17.9 Å². The molecule has 0 radical (unpaired) electrons. The summed E-state index contributed by atoms with van der Waals surface area (Å²) in [6.07, 6.45) is 6.45. The second kappa shape index (κ2) is 7.85. The Morgan fingerprint density at radius 2 is 2.11 bits per heavy atom. The largest absolute Gasteiger partial charge is 0.331 e. The van der Waals surface area contributed by atoms with Gasteiger partial charge in [-0.05, 0) is 44.0 Å². The van der Waals surface area contributed by atoms with Gasteiger partial charge in [0.25, 0.3) is 11.8 Å². The molecule has 3 aromatic rings. The number of likely N-dealkylation sites (tertiary alicyclic amines) is 1. The molecule has 1 fully saturated rings. The van der Waals surface area contributed by atoms with Crippen LogP contribution in [0.4, 0.5) is 5.82 Å². The zero-order chi connectivity index (χ0) is 19.5. The Bertz CT molecular complexity index is 1000. The van der Waals surface area contributed by atoms with Crippen LogP contribution in [0.25, 0.3) is 0 Å². The first-order chi connectivity index (χ1) is 13.6. The van der Waals surface area contributed by atoms with Crippen LogP contribution in [0.2, 0.25) is 0 Å². The molecule has 28 heavy (non-hydrogen) atoms. The van der Waals surface area contributed by atoms with Crippen molar-refractivity contribution in [3.8, 4) is 0 Å². The van der Waals surface area contributed by atoms with Gasteiger partial charge in [0, 0.05) is 23.8 Å². The minimum absolute atomic E-state index is 0.0338. The number of rotatable bonds is 4. The van der Waals surface area contributed by atoms with Crippen LogP contribution in [0.3, 0.4) is 0 Å². The topological polar surface area (TPSA) is 88.1 Å². The lowest BCUT2D eigenvalue weighted by Gasteiger charge is -2.24. The van der Waals surface area contributed by atoms with E-state index < -0.39 is 0 Å². The lowest BCUT2D eigenvalue weighted by molar-refractivity contribution is 0.0736. The van der Waals surface area contributed by atoms with Crippen molar-refractivity contribution < 1.29 is 9.59 Å². The third-order valence-electron chi connectivity index (χ3n) is 4.74. The normalized spacial score (nSPS) is 16.2. The van der Waals surface area contributed by atoms with E-state index in [2.05, 4.69) is 20.3 Å². The predicted octanol–water partition coefficient (Wildman–Crippen LogP) is 3.47. The summed E-state index contributed by atoms with van der Waals surface area (Å²) in [5.41, 5.74) is 1.20. The fourth-order valence-electron chi connectivity index (χ4n) is 3.33. The minimum Gasteiger partial charge on any atom is -0.331 e. The highest BCUT2D eigenvalue weighted by molar-refractivity contribution is 7.14. The molecule has 1 unspecified atom stereocenters. The summed E-state index contributed by atoms with van der Waals surface area (Å²) in [5, 5.41) is 2.79. The Hall–Kier alpha value is -3.13. The lowest BCUT2D eigenvalue weighted by atomic mass is 10.1. The number of carbonyl (C=O) groups excluding carboxylic acids is 2. The number of carbonyl (C=O) groups is 2. The average Bonchev–Trinajstić information content (AvgIpc) is 3.38. The highest BCUT2D eigenvalue weighted by Crippen LogP contribution is 2.37. The third kappa shape index (κ3) is 3.63. The predicted molar refractivity (Wildman–Crippen MR) is 106 cm³/mol. The summed E-state index contributed by atoms with van der Waals surface area (Å²) in [6.45, 7) is 2.50. The van der Waals surface area contributed by atoms with E-state index in [1.807, 2.05) is 24.0 Å². The van der Waals surface area contributed by atoms with Crippen LogP contribution in [0.15, 0.2) is 49.1 Å². The van der Waals surface area contributed by atoms with E-state index in [1.54, 1.807) is 30.6 Å². The number of nitrogens with one attached hydrogen (secondary N) is 1. The van der Waals surface area contributed by atoms with E-state index >= 15 is 0 Å². The molecule has 8 heteroatoms. The SMILES string of the molecule is Cc1ncncc1C(=O)N1CCCC1c1ccc(C(=O)Nc2ccccn2)s1. The number of thiophene rings is 1. The first-order valence-corrected chi connectivity index (χ1v) is 9.85. The molecular formula is C20H19N5O2S. The molecule has 0 saturated carbocycles. The quantitative estimate of drug-likeness (QED) is 0.733. The minimum atomic E-state index is -0.196. The van der Waals surface area contributed by atoms with Gasteiger partial charge in [-0.25, -0.2) is 15.0 Å². The molecule has 0 aliphatic carbocycles. The number of anilines is 1. The van der Waals surface area contributed by atoms with Crippen LogP contribution in [-0.2, 0) is 0 Å². The number of aromatic nitrogens is 3. The van der Waals surface area contributed by atoms with Crippen molar-refractivity contribution >= 4 is 29.0 Å². The number of nitrogens with zero attached hydrogens (tertiary/aromatic N) is 4. The molecule has 0 spiro atoms. The summed E-state index contributed by atoms with van der Waals surface area (Å²) in [7, 11) is 0. The van der Waals surface area contributed by atoms with Crippen molar-refractivity contribution in [1.29, 1.82) is 0 Å². The van der Waals surface area contributed by atoms with Gasteiger partial charge in [0.1, 0.15) is 12.1 Å². The number of hydrogen-bond acceptors (Lipinski definition) is 6. The number of amides is 2. The van der Waals surface area contributed by atoms with Crippen LogP contribution >= 0.6 is 11.3 Å². The fraction of sp³-hybridized carbons (Fsp3) is 0.250. The Morgan fingerprint density at radius 1 is 1.21 bits per heavy atom. The van der Waals surface area contributed by atoms with Crippen LogP contribution in [-0.4, -0.2) is 38.2 Å². The van der Waals surface area contributed by atoms with E-state index in [0.717, 1.165) is 17.7 Å². The van der Waals surface area contributed by atoms with E-state index in [9.17, 15) is 9.59 Å². The molecule has 0 aromatic carbocycles. The first kappa shape index (κ1) is 18.2. The number of pyridine rings is 1. The maximum atomic E-state index is 13.0. The number of hydrogen-bond donors (Lipinski definition) is 1. The van der Waals surface area contributed by atoms with Gasteiger partial charge in [-0.1, -0.05) is 6.07 Å². The zero-order valence-electron chi connectivity index (χ0n) is 15.3. The zero-order valence-corrected chi connectivity index (χ0v) is 16.1. The summed E-state index contributed by atoms with van der Waals surface area (Å²) in [4.78, 5) is 41.2. The highest BCUT2D eigenvalue weighted by Gasteiger charge is 2.32. The van der Waals surface area contributed by atoms with Gasteiger partial charge in [-0.15, -0.1) is 11.3 Å². The van der Waals surface area contributed by atoms with E-state index in [4.69, 9.17) is 0 Å². The average molecular weight is 393 g/mol. The fourth-order valence-corrected chi connectivity index (χ4v) is 4.38. The Morgan fingerprint density at radius 3 is 2.89 bits per heavy atom. The summed E-state index contributed by atoms with van der Waals surface area (Å²) in [6, 6.07) is 9.06. The molecule has 1 aliphatic heterocycles. The smallest absolute Gasteiger partial charge is 0.266 e. The molecule has 4 heterocycles. The molecule has 142 valence electrons.